The van der Waals surface area contributed by atoms with Crippen LogP contribution in [0, 0.1) is 0 Å². The second-order valence-corrected chi connectivity index (χ2v) is 5.54. The second-order valence-electron chi connectivity index (χ2n) is 5.54. The third-order valence-electron chi connectivity index (χ3n) is 2.76. The number of rotatable bonds is 1. The van der Waals surface area contributed by atoms with Crippen LogP contribution in [0.2, 0.25) is 0 Å². The zero-order chi connectivity index (χ0) is 13.3. The molecule has 2 rings (SSSR count). The predicted molar refractivity (Wildman–Crippen MR) is 69.1 cm³/mol. The molecule has 1 atom stereocenters. The van der Waals surface area contributed by atoms with Crippen LogP contribution in [0.5, 0.6) is 0 Å². The van der Waals surface area contributed by atoms with Gasteiger partial charge in [0.2, 0.25) is 0 Å². The number of ether oxygens (including phenoxy) is 1. The fourth-order valence-electron chi connectivity index (χ4n) is 2.07. The SMILES string of the molecule is CC(C)(C)OC(=O)NC1CCc2ncc(N)cc21. The number of nitrogens with one attached hydrogen (secondary N) is 1. The van der Waals surface area contributed by atoms with Gasteiger partial charge >= 0.3 is 6.09 Å². The fraction of sp³-hybridized carbons (Fsp3) is 0.538. The van der Waals surface area contributed by atoms with Gasteiger partial charge in [-0.15, -0.1) is 0 Å². The molecule has 0 saturated heterocycles. The lowest BCUT2D eigenvalue weighted by Crippen LogP contribution is -2.34. The summed E-state index contributed by atoms with van der Waals surface area (Å²) in [7, 11) is 0. The van der Waals surface area contributed by atoms with Crippen molar-refractivity contribution in [3.63, 3.8) is 0 Å². The summed E-state index contributed by atoms with van der Waals surface area (Å²) in [5.41, 5.74) is 7.86. The van der Waals surface area contributed by atoms with Crippen LogP contribution in [-0.4, -0.2) is 16.7 Å². The molecule has 0 saturated carbocycles. The van der Waals surface area contributed by atoms with E-state index in [0.29, 0.717) is 5.69 Å². The Hall–Kier alpha value is -1.78. The average Bonchev–Trinajstić information content (AvgIpc) is 2.58. The molecule has 3 N–H and O–H groups in total. The summed E-state index contributed by atoms with van der Waals surface area (Å²) in [5.74, 6) is 0. The molecular weight excluding hydrogens is 230 g/mol. The number of carbonyl (C=O) groups is 1. The highest BCUT2D eigenvalue weighted by atomic mass is 16.6. The summed E-state index contributed by atoms with van der Waals surface area (Å²) in [4.78, 5) is 16.0. The molecule has 1 aliphatic carbocycles. The molecule has 0 aromatic carbocycles. The molecule has 1 amide bonds. The third kappa shape index (κ3) is 2.91. The largest absolute Gasteiger partial charge is 0.444 e. The van der Waals surface area contributed by atoms with E-state index in [9.17, 15) is 4.79 Å². The Balaban J connectivity index is 2.06. The van der Waals surface area contributed by atoms with Crippen LogP contribution in [0.15, 0.2) is 12.3 Å². The first-order chi connectivity index (χ1) is 8.35. The summed E-state index contributed by atoms with van der Waals surface area (Å²) in [6, 6.07) is 1.82. The number of aromatic nitrogens is 1. The van der Waals surface area contributed by atoms with Crippen LogP contribution >= 0.6 is 0 Å². The van der Waals surface area contributed by atoms with Gasteiger partial charge in [-0.1, -0.05) is 0 Å². The number of pyridine rings is 1. The maximum atomic E-state index is 11.7. The number of hydrogen-bond acceptors (Lipinski definition) is 4. The van der Waals surface area contributed by atoms with Crippen LogP contribution in [0.3, 0.4) is 0 Å². The van der Waals surface area contributed by atoms with E-state index in [4.69, 9.17) is 10.5 Å². The number of nitrogens with two attached hydrogens (primary N) is 1. The number of carbonyl (C=O) groups excluding carboxylic acids is 1. The van der Waals surface area contributed by atoms with Gasteiger partial charge < -0.3 is 15.8 Å². The van der Waals surface area contributed by atoms with Gasteiger partial charge in [-0.25, -0.2) is 4.79 Å². The van der Waals surface area contributed by atoms with Crippen molar-refractivity contribution >= 4 is 11.8 Å². The zero-order valence-electron chi connectivity index (χ0n) is 11.0. The molecule has 1 unspecified atom stereocenters. The van der Waals surface area contributed by atoms with Gasteiger partial charge in [-0.2, -0.15) is 0 Å². The number of nitrogens with zero attached hydrogens (tertiary/aromatic N) is 1. The highest BCUT2D eigenvalue weighted by molar-refractivity contribution is 5.68. The van der Waals surface area contributed by atoms with E-state index >= 15 is 0 Å². The predicted octanol–water partition coefficient (Wildman–Crippen LogP) is 2.18. The lowest BCUT2D eigenvalue weighted by Gasteiger charge is -2.22. The standard InChI is InChI=1S/C13H19N3O2/c1-13(2,3)18-12(17)16-11-5-4-10-9(11)6-8(14)7-15-10/h6-7,11H,4-5,14H2,1-3H3,(H,16,17). The van der Waals surface area contributed by atoms with E-state index in [2.05, 4.69) is 10.3 Å². The van der Waals surface area contributed by atoms with E-state index in [1.54, 1.807) is 6.20 Å². The first-order valence-electron chi connectivity index (χ1n) is 6.09. The Morgan fingerprint density at radius 2 is 2.28 bits per heavy atom. The first kappa shape index (κ1) is 12.7. The first-order valence-corrected chi connectivity index (χ1v) is 6.09. The van der Waals surface area contributed by atoms with Crippen LogP contribution in [0.4, 0.5) is 10.5 Å². The number of amides is 1. The molecule has 1 aromatic heterocycles. The van der Waals surface area contributed by atoms with Gasteiger partial charge in [0, 0.05) is 5.69 Å². The van der Waals surface area contributed by atoms with Gasteiger partial charge in [-0.05, 0) is 45.2 Å². The van der Waals surface area contributed by atoms with Crippen LogP contribution in [0.1, 0.15) is 44.5 Å². The highest BCUT2D eigenvalue weighted by Crippen LogP contribution is 2.31. The minimum absolute atomic E-state index is 0.0501. The smallest absolute Gasteiger partial charge is 0.408 e. The van der Waals surface area contributed by atoms with Gasteiger partial charge in [-0.3, -0.25) is 4.98 Å². The van der Waals surface area contributed by atoms with E-state index in [1.165, 1.54) is 0 Å². The highest BCUT2D eigenvalue weighted by Gasteiger charge is 2.27. The Bertz CT molecular complexity index is 466. The summed E-state index contributed by atoms with van der Waals surface area (Å²) in [6.45, 7) is 5.53. The van der Waals surface area contributed by atoms with Crippen molar-refractivity contribution in [2.45, 2.75) is 45.3 Å². The second kappa shape index (κ2) is 4.48. The molecule has 1 aromatic rings. The van der Waals surface area contributed by atoms with Crippen molar-refractivity contribution in [3.05, 3.63) is 23.5 Å². The van der Waals surface area contributed by atoms with E-state index < -0.39 is 11.7 Å². The van der Waals surface area contributed by atoms with E-state index in [1.807, 2.05) is 26.8 Å². The molecule has 0 radical (unpaired) electrons. The van der Waals surface area contributed by atoms with Crippen molar-refractivity contribution in [1.82, 2.24) is 10.3 Å². The quantitative estimate of drug-likeness (QED) is 0.799. The van der Waals surface area contributed by atoms with Gasteiger partial charge in [0.05, 0.1) is 17.9 Å². The molecule has 98 valence electrons. The van der Waals surface area contributed by atoms with Crippen molar-refractivity contribution in [2.24, 2.45) is 0 Å². The van der Waals surface area contributed by atoms with Crippen molar-refractivity contribution < 1.29 is 9.53 Å². The number of hydrogen-bond donors (Lipinski definition) is 2. The molecule has 1 heterocycles. The summed E-state index contributed by atoms with van der Waals surface area (Å²) < 4.78 is 5.24. The summed E-state index contributed by atoms with van der Waals surface area (Å²) in [5, 5.41) is 2.86. The number of nitrogen functional groups attached to an aromatic ring is 1. The van der Waals surface area contributed by atoms with Crippen molar-refractivity contribution in [3.8, 4) is 0 Å². The molecular formula is C13H19N3O2. The lowest BCUT2D eigenvalue weighted by molar-refractivity contribution is 0.0503. The van der Waals surface area contributed by atoms with Crippen LogP contribution in [-0.2, 0) is 11.2 Å². The molecule has 0 spiro atoms. The van der Waals surface area contributed by atoms with E-state index in [-0.39, 0.29) is 6.04 Å². The molecule has 0 bridgehead atoms. The average molecular weight is 249 g/mol. The van der Waals surface area contributed by atoms with Crippen molar-refractivity contribution in [1.29, 1.82) is 0 Å². The Morgan fingerprint density at radius 1 is 1.56 bits per heavy atom. The van der Waals surface area contributed by atoms with Gasteiger partial charge in [0.15, 0.2) is 0 Å². The topological polar surface area (TPSA) is 77.2 Å². The number of alkyl carbamates (subject to hydrolysis) is 1. The Morgan fingerprint density at radius 3 is 2.94 bits per heavy atom. The maximum Gasteiger partial charge on any atom is 0.408 e. The molecule has 0 fully saturated rings. The number of aryl methyl sites for hydroxylation is 1. The minimum atomic E-state index is -0.487. The molecule has 5 heteroatoms. The normalized spacial score (nSPS) is 18.3. The number of anilines is 1. The number of fused-ring (bicyclic) bond motifs is 1. The zero-order valence-corrected chi connectivity index (χ0v) is 11.0. The Kier molecular flexibility index (Phi) is 3.15. The summed E-state index contributed by atoms with van der Waals surface area (Å²) >= 11 is 0. The monoisotopic (exact) mass is 249 g/mol. The maximum absolute atomic E-state index is 11.7. The van der Waals surface area contributed by atoms with E-state index in [0.717, 1.165) is 24.1 Å². The molecule has 1 aliphatic rings. The molecule has 0 aliphatic heterocycles. The van der Waals surface area contributed by atoms with Crippen LogP contribution < -0.4 is 11.1 Å². The van der Waals surface area contributed by atoms with Gasteiger partial charge in [0.25, 0.3) is 0 Å². The third-order valence-corrected chi connectivity index (χ3v) is 2.76. The lowest BCUT2D eigenvalue weighted by atomic mass is 10.1. The van der Waals surface area contributed by atoms with Gasteiger partial charge in [0.1, 0.15) is 5.60 Å². The molecule has 18 heavy (non-hydrogen) atoms. The fourth-order valence-corrected chi connectivity index (χ4v) is 2.07. The minimum Gasteiger partial charge on any atom is -0.444 e. The van der Waals surface area contributed by atoms with Crippen molar-refractivity contribution in [2.75, 3.05) is 5.73 Å². The molecule has 5 nitrogen and oxygen atoms in total. The Labute approximate surface area is 107 Å². The summed E-state index contributed by atoms with van der Waals surface area (Å²) in [6.07, 6.45) is 2.94. The van der Waals surface area contributed by atoms with Crippen LogP contribution in [0.25, 0.3) is 0 Å².